The molecule has 1 fully saturated rings. The lowest BCUT2D eigenvalue weighted by atomic mass is 9.95. The summed E-state index contributed by atoms with van der Waals surface area (Å²) in [5.41, 5.74) is 5.47. The molecule has 3 nitrogen and oxygen atoms in total. The molecule has 0 saturated carbocycles. The van der Waals surface area contributed by atoms with Crippen molar-refractivity contribution >= 4 is 16.7 Å². The van der Waals surface area contributed by atoms with E-state index in [9.17, 15) is 0 Å². The van der Waals surface area contributed by atoms with Crippen LogP contribution in [0.5, 0.6) is 0 Å². The lowest BCUT2D eigenvalue weighted by Gasteiger charge is -2.29. The minimum Gasteiger partial charge on any atom is -0.358 e. The molecular weight excluding hydrogens is 246 g/mol. The number of nitrogens with one attached hydrogen (secondary N) is 1. The average Bonchev–Trinajstić information content (AvgIpc) is 2.85. The van der Waals surface area contributed by atoms with Crippen LogP contribution in [0.4, 0.5) is 5.82 Å². The summed E-state index contributed by atoms with van der Waals surface area (Å²) in [4.78, 5) is 11.1. The van der Waals surface area contributed by atoms with E-state index in [-0.39, 0.29) is 0 Å². The Morgan fingerprint density at radius 1 is 1.05 bits per heavy atom. The van der Waals surface area contributed by atoms with Crippen LogP contribution >= 0.6 is 0 Å². The first-order valence-corrected chi connectivity index (χ1v) is 8.09. The van der Waals surface area contributed by atoms with Crippen LogP contribution < -0.4 is 4.90 Å². The van der Waals surface area contributed by atoms with Gasteiger partial charge in [-0.2, -0.15) is 0 Å². The Morgan fingerprint density at radius 2 is 1.85 bits per heavy atom. The van der Waals surface area contributed by atoms with Gasteiger partial charge in [0, 0.05) is 29.9 Å². The number of nitrogens with zero attached hydrogens (tertiary/aromatic N) is 2. The molecule has 1 aliphatic heterocycles. The first kappa shape index (κ1) is 12.2. The van der Waals surface area contributed by atoms with Crippen molar-refractivity contribution in [3.63, 3.8) is 0 Å². The highest BCUT2D eigenvalue weighted by molar-refractivity contribution is 5.95. The van der Waals surface area contributed by atoms with Gasteiger partial charge in [0.1, 0.15) is 5.82 Å². The summed E-state index contributed by atoms with van der Waals surface area (Å²) in [5.74, 6) is 1.25. The minimum absolute atomic E-state index is 1.14. The molecule has 20 heavy (non-hydrogen) atoms. The predicted molar refractivity (Wildman–Crippen MR) is 83.5 cm³/mol. The van der Waals surface area contributed by atoms with Crippen molar-refractivity contribution in [2.45, 2.75) is 51.9 Å². The minimum atomic E-state index is 1.14. The highest BCUT2D eigenvalue weighted by Gasteiger charge is 2.22. The number of rotatable bonds is 1. The van der Waals surface area contributed by atoms with Crippen molar-refractivity contribution in [3.8, 4) is 0 Å². The topological polar surface area (TPSA) is 31.9 Å². The molecule has 0 aromatic carbocycles. The third-order valence-corrected chi connectivity index (χ3v) is 4.84. The molecule has 2 aromatic heterocycles. The standard InChI is InChI=1S/C17H23N3/c1-12-11-15-16(13-7-3-4-8-14(13)19-15)17(18-12)20-9-5-2-6-10-20/h11,19H,2-10H2,1H3. The third-order valence-electron chi connectivity index (χ3n) is 4.84. The fourth-order valence-corrected chi connectivity index (χ4v) is 3.87. The van der Waals surface area contributed by atoms with Crippen LogP contribution in [0.3, 0.4) is 0 Å². The predicted octanol–water partition coefficient (Wildman–Crippen LogP) is 3.74. The number of H-pyrrole nitrogens is 1. The molecule has 3 heterocycles. The Kier molecular flexibility index (Phi) is 2.94. The summed E-state index contributed by atoms with van der Waals surface area (Å²) in [6.07, 6.45) is 9.08. The van der Waals surface area contributed by atoms with Gasteiger partial charge in [0.15, 0.2) is 0 Å². The summed E-state index contributed by atoms with van der Waals surface area (Å²) in [6, 6.07) is 2.22. The van der Waals surface area contributed by atoms with Crippen molar-refractivity contribution in [2.24, 2.45) is 0 Å². The fourth-order valence-electron chi connectivity index (χ4n) is 3.87. The number of hydrogen-bond acceptors (Lipinski definition) is 2. The fraction of sp³-hybridized carbons (Fsp3) is 0.588. The zero-order chi connectivity index (χ0) is 13.5. The van der Waals surface area contributed by atoms with Gasteiger partial charge >= 0.3 is 0 Å². The summed E-state index contributed by atoms with van der Waals surface area (Å²) >= 11 is 0. The highest BCUT2D eigenvalue weighted by Crippen LogP contribution is 2.35. The van der Waals surface area contributed by atoms with Crippen LogP contribution in [0, 0.1) is 6.92 Å². The van der Waals surface area contributed by atoms with E-state index in [2.05, 4.69) is 22.9 Å². The summed E-state index contributed by atoms with van der Waals surface area (Å²) in [6.45, 7) is 4.46. The van der Waals surface area contributed by atoms with Crippen LogP contribution in [0.1, 0.15) is 49.1 Å². The van der Waals surface area contributed by atoms with Gasteiger partial charge in [-0.15, -0.1) is 0 Å². The highest BCUT2D eigenvalue weighted by atomic mass is 15.2. The van der Waals surface area contributed by atoms with Gasteiger partial charge in [0.2, 0.25) is 0 Å². The summed E-state index contributed by atoms with van der Waals surface area (Å²) in [7, 11) is 0. The Balaban J connectivity index is 1.91. The van der Waals surface area contributed by atoms with Gasteiger partial charge in [-0.3, -0.25) is 0 Å². The van der Waals surface area contributed by atoms with Crippen molar-refractivity contribution in [3.05, 3.63) is 23.0 Å². The average molecular weight is 269 g/mol. The molecule has 0 atom stereocenters. The molecule has 0 amide bonds. The van der Waals surface area contributed by atoms with E-state index >= 15 is 0 Å². The maximum absolute atomic E-state index is 4.91. The van der Waals surface area contributed by atoms with Crippen molar-refractivity contribution < 1.29 is 0 Å². The van der Waals surface area contributed by atoms with Crippen LogP contribution in [0.25, 0.3) is 10.9 Å². The number of piperidine rings is 1. The Labute approximate surface area is 120 Å². The SMILES string of the molecule is Cc1cc2[nH]c3c(c2c(N2CCCCC2)n1)CCCC3. The molecule has 1 aliphatic carbocycles. The molecular formula is C17H23N3. The Bertz CT molecular complexity index is 635. The van der Waals surface area contributed by atoms with E-state index in [0.29, 0.717) is 0 Å². The van der Waals surface area contributed by atoms with E-state index < -0.39 is 0 Å². The van der Waals surface area contributed by atoms with Gasteiger partial charge in [-0.25, -0.2) is 4.98 Å². The molecule has 0 spiro atoms. The second kappa shape index (κ2) is 4.80. The molecule has 3 heteroatoms. The van der Waals surface area contributed by atoms with Gasteiger partial charge in [0.25, 0.3) is 0 Å². The maximum Gasteiger partial charge on any atom is 0.138 e. The molecule has 2 aliphatic rings. The first-order valence-electron chi connectivity index (χ1n) is 8.09. The summed E-state index contributed by atoms with van der Waals surface area (Å²) in [5, 5.41) is 1.42. The zero-order valence-corrected chi connectivity index (χ0v) is 12.3. The largest absolute Gasteiger partial charge is 0.358 e. The molecule has 0 bridgehead atoms. The Morgan fingerprint density at radius 3 is 2.70 bits per heavy atom. The number of aryl methyl sites for hydroxylation is 3. The number of hydrogen-bond donors (Lipinski definition) is 1. The Hall–Kier alpha value is -1.51. The normalized spacial score (nSPS) is 19.4. The van der Waals surface area contributed by atoms with Crippen LogP contribution in [-0.2, 0) is 12.8 Å². The van der Waals surface area contributed by atoms with Crippen LogP contribution in [-0.4, -0.2) is 23.1 Å². The number of fused-ring (bicyclic) bond motifs is 3. The van der Waals surface area contributed by atoms with E-state index in [4.69, 9.17) is 4.98 Å². The van der Waals surface area contributed by atoms with E-state index in [0.717, 1.165) is 5.69 Å². The molecule has 2 aromatic rings. The van der Waals surface area contributed by atoms with E-state index in [1.54, 1.807) is 5.56 Å². The second-order valence-electron chi connectivity index (χ2n) is 6.35. The smallest absolute Gasteiger partial charge is 0.138 e. The second-order valence-corrected chi connectivity index (χ2v) is 6.35. The zero-order valence-electron chi connectivity index (χ0n) is 12.3. The maximum atomic E-state index is 4.91. The lowest BCUT2D eigenvalue weighted by molar-refractivity contribution is 0.574. The number of anilines is 1. The van der Waals surface area contributed by atoms with Crippen molar-refractivity contribution in [2.75, 3.05) is 18.0 Å². The van der Waals surface area contributed by atoms with Gasteiger partial charge < -0.3 is 9.88 Å². The van der Waals surface area contributed by atoms with Crippen molar-refractivity contribution in [1.29, 1.82) is 0 Å². The van der Waals surface area contributed by atoms with Gasteiger partial charge in [-0.1, -0.05) is 0 Å². The van der Waals surface area contributed by atoms with Gasteiger partial charge in [0.05, 0.1) is 5.52 Å². The van der Waals surface area contributed by atoms with E-state index in [1.807, 2.05) is 0 Å². The molecule has 1 saturated heterocycles. The number of aromatic amines is 1. The number of aromatic nitrogens is 2. The summed E-state index contributed by atoms with van der Waals surface area (Å²) < 4.78 is 0. The molecule has 4 rings (SSSR count). The molecule has 0 radical (unpaired) electrons. The monoisotopic (exact) mass is 269 g/mol. The molecule has 106 valence electrons. The molecule has 0 unspecified atom stereocenters. The van der Waals surface area contributed by atoms with Crippen molar-refractivity contribution in [1.82, 2.24) is 9.97 Å². The molecule has 1 N–H and O–H groups in total. The quantitative estimate of drug-likeness (QED) is 0.855. The number of pyridine rings is 1. The van der Waals surface area contributed by atoms with E-state index in [1.165, 1.54) is 80.4 Å². The third kappa shape index (κ3) is 1.91. The van der Waals surface area contributed by atoms with Crippen LogP contribution in [0.15, 0.2) is 6.07 Å². The lowest BCUT2D eigenvalue weighted by Crippen LogP contribution is -2.30. The van der Waals surface area contributed by atoms with Gasteiger partial charge in [-0.05, 0) is 63.5 Å². The van der Waals surface area contributed by atoms with Crippen LogP contribution in [0.2, 0.25) is 0 Å². The first-order chi connectivity index (χ1) is 9.83.